The SMILES string of the molecule is CCCNC(=O)C(C)N(Cc1ccccc1C)C(=O)CCCN1C(=O)c2ccccc2C1=O. The molecule has 1 unspecified atom stereocenters. The molecule has 1 aliphatic rings. The highest BCUT2D eigenvalue weighted by atomic mass is 16.2. The highest BCUT2D eigenvalue weighted by molar-refractivity contribution is 6.21. The van der Waals surface area contributed by atoms with Crippen LogP contribution in [-0.2, 0) is 16.1 Å². The van der Waals surface area contributed by atoms with Crippen molar-refractivity contribution >= 4 is 23.6 Å². The second-order valence-electron chi connectivity index (χ2n) is 8.33. The van der Waals surface area contributed by atoms with Crippen LogP contribution in [0.5, 0.6) is 0 Å². The molecule has 0 saturated carbocycles. The minimum atomic E-state index is -0.636. The Kier molecular flexibility index (Phi) is 7.98. The molecule has 0 spiro atoms. The van der Waals surface area contributed by atoms with Gasteiger partial charge in [0.2, 0.25) is 11.8 Å². The molecule has 33 heavy (non-hydrogen) atoms. The summed E-state index contributed by atoms with van der Waals surface area (Å²) in [6.45, 7) is 6.70. The van der Waals surface area contributed by atoms with E-state index in [1.165, 1.54) is 4.90 Å². The molecule has 0 fully saturated rings. The van der Waals surface area contributed by atoms with E-state index >= 15 is 0 Å². The lowest BCUT2D eigenvalue weighted by molar-refractivity contribution is -0.140. The topological polar surface area (TPSA) is 86.8 Å². The summed E-state index contributed by atoms with van der Waals surface area (Å²) in [6.07, 6.45) is 1.27. The average Bonchev–Trinajstić information content (AvgIpc) is 3.06. The molecule has 174 valence electrons. The normalized spacial score (nSPS) is 13.6. The van der Waals surface area contributed by atoms with E-state index in [-0.39, 0.29) is 36.6 Å². The maximum atomic E-state index is 13.2. The zero-order valence-corrected chi connectivity index (χ0v) is 19.5. The van der Waals surface area contributed by atoms with Crippen molar-refractivity contribution in [3.05, 3.63) is 70.8 Å². The lowest BCUT2D eigenvalue weighted by Crippen LogP contribution is -2.48. The molecule has 1 N–H and O–H groups in total. The number of hydrogen-bond acceptors (Lipinski definition) is 4. The highest BCUT2D eigenvalue weighted by Gasteiger charge is 2.35. The maximum absolute atomic E-state index is 13.2. The van der Waals surface area contributed by atoms with E-state index < -0.39 is 6.04 Å². The van der Waals surface area contributed by atoms with Crippen molar-refractivity contribution in [1.29, 1.82) is 0 Å². The molecule has 0 aliphatic carbocycles. The lowest BCUT2D eigenvalue weighted by atomic mass is 10.1. The number of imide groups is 1. The van der Waals surface area contributed by atoms with Crippen LogP contribution in [0.1, 0.15) is 65.0 Å². The molecular weight excluding hydrogens is 418 g/mol. The number of nitrogens with zero attached hydrogens (tertiary/aromatic N) is 2. The summed E-state index contributed by atoms with van der Waals surface area (Å²) in [5.41, 5.74) is 2.82. The number of aryl methyl sites for hydroxylation is 1. The number of nitrogens with one attached hydrogen (secondary N) is 1. The van der Waals surface area contributed by atoms with Crippen LogP contribution < -0.4 is 5.32 Å². The zero-order chi connectivity index (χ0) is 24.0. The second kappa shape index (κ2) is 10.9. The average molecular weight is 450 g/mol. The zero-order valence-electron chi connectivity index (χ0n) is 19.5. The van der Waals surface area contributed by atoms with Gasteiger partial charge in [-0.2, -0.15) is 0 Å². The first kappa shape index (κ1) is 24.2. The summed E-state index contributed by atoms with van der Waals surface area (Å²) in [7, 11) is 0. The minimum Gasteiger partial charge on any atom is -0.354 e. The Morgan fingerprint density at radius 2 is 1.61 bits per heavy atom. The fourth-order valence-electron chi connectivity index (χ4n) is 3.92. The molecule has 0 aromatic heterocycles. The van der Waals surface area contributed by atoms with Crippen LogP contribution in [0.3, 0.4) is 0 Å². The molecule has 0 bridgehead atoms. The van der Waals surface area contributed by atoms with Gasteiger partial charge >= 0.3 is 0 Å². The Morgan fingerprint density at radius 1 is 1.00 bits per heavy atom. The van der Waals surface area contributed by atoms with Gasteiger partial charge in [-0.3, -0.25) is 24.1 Å². The Bertz CT molecular complexity index is 1010. The number of hydrogen-bond donors (Lipinski definition) is 1. The molecule has 2 aromatic carbocycles. The number of amides is 4. The van der Waals surface area contributed by atoms with E-state index in [1.807, 2.05) is 38.1 Å². The fourth-order valence-corrected chi connectivity index (χ4v) is 3.92. The van der Waals surface area contributed by atoms with Crippen molar-refractivity contribution in [2.24, 2.45) is 0 Å². The number of fused-ring (bicyclic) bond motifs is 1. The van der Waals surface area contributed by atoms with Crippen LogP contribution in [-0.4, -0.2) is 52.6 Å². The largest absolute Gasteiger partial charge is 0.354 e. The van der Waals surface area contributed by atoms with Gasteiger partial charge in [-0.25, -0.2) is 0 Å². The fraction of sp³-hybridized carbons (Fsp3) is 0.385. The van der Waals surface area contributed by atoms with Crippen LogP contribution in [0.25, 0.3) is 0 Å². The van der Waals surface area contributed by atoms with Gasteiger partial charge in [0.15, 0.2) is 0 Å². The van der Waals surface area contributed by atoms with E-state index in [2.05, 4.69) is 5.32 Å². The van der Waals surface area contributed by atoms with Crippen molar-refractivity contribution < 1.29 is 19.2 Å². The second-order valence-corrected chi connectivity index (χ2v) is 8.33. The molecule has 2 aromatic rings. The molecule has 1 heterocycles. The third-order valence-electron chi connectivity index (χ3n) is 5.97. The van der Waals surface area contributed by atoms with Crippen LogP contribution >= 0.6 is 0 Å². The monoisotopic (exact) mass is 449 g/mol. The summed E-state index contributed by atoms with van der Waals surface area (Å²) in [6, 6.07) is 13.9. The van der Waals surface area contributed by atoms with Gasteiger partial charge < -0.3 is 10.2 Å². The van der Waals surface area contributed by atoms with Gasteiger partial charge in [0.25, 0.3) is 11.8 Å². The predicted octanol–water partition coefficient (Wildman–Crippen LogP) is 3.31. The summed E-state index contributed by atoms with van der Waals surface area (Å²) in [4.78, 5) is 53.7. The predicted molar refractivity (Wildman–Crippen MR) is 126 cm³/mol. The number of rotatable bonds is 10. The third kappa shape index (κ3) is 5.48. The van der Waals surface area contributed by atoms with E-state index in [4.69, 9.17) is 0 Å². The summed E-state index contributed by atoms with van der Waals surface area (Å²) in [5.74, 6) is -1.03. The Hall–Kier alpha value is -3.48. The number of carbonyl (C=O) groups is 4. The minimum absolute atomic E-state index is 0.130. The van der Waals surface area contributed by atoms with Gasteiger partial charge in [-0.15, -0.1) is 0 Å². The van der Waals surface area contributed by atoms with Crippen LogP contribution in [0.15, 0.2) is 48.5 Å². The molecule has 1 atom stereocenters. The first-order valence-electron chi connectivity index (χ1n) is 11.4. The van der Waals surface area contributed by atoms with Crippen molar-refractivity contribution in [3.63, 3.8) is 0 Å². The van der Waals surface area contributed by atoms with Crippen LogP contribution in [0.2, 0.25) is 0 Å². The van der Waals surface area contributed by atoms with Crippen LogP contribution in [0, 0.1) is 6.92 Å². The molecule has 0 radical (unpaired) electrons. The molecule has 1 aliphatic heterocycles. The lowest BCUT2D eigenvalue weighted by Gasteiger charge is -2.29. The molecule has 7 nitrogen and oxygen atoms in total. The summed E-state index contributed by atoms with van der Waals surface area (Å²) >= 11 is 0. The first-order valence-corrected chi connectivity index (χ1v) is 11.4. The number of carbonyl (C=O) groups excluding carboxylic acids is 4. The first-order chi connectivity index (χ1) is 15.8. The summed E-state index contributed by atoms with van der Waals surface area (Å²) < 4.78 is 0. The van der Waals surface area contributed by atoms with Gasteiger partial charge in [0, 0.05) is 26.1 Å². The van der Waals surface area contributed by atoms with E-state index in [9.17, 15) is 19.2 Å². The summed E-state index contributed by atoms with van der Waals surface area (Å²) in [5, 5.41) is 2.86. The molecule has 7 heteroatoms. The van der Waals surface area contributed by atoms with E-state index in [0.717, 1.165) is 17.5 Å². The smallest absolute Gasteiger partial charge is 0.261 e. The third-order valence-corrected chi connectivity index (χ3v) is 5.97. The quantitative estimate of drug-likeness (QED) is 0.564. The Labute approximate surface area is 194 Å². The Morgan fingerprint density at radius 3 is 2.21 bits per heavy atom. The standard InChI is InChI=1S/C26H31N3O4/c1-4-15-27-24(31)19(3)29(17-20-11-6-5-10-18(20)2)23(30)14-9-16-28-25(32)21-12-7-8-13-22(21)26(28)33/h5-8,10-13,19H,4,9,14-17H2,1-3H3,(H,27,31). The van der Waals surface area contributed by atoms with Gasteiger partial charge in [0.1, 0.15) is 6.04 Å². The molecular formula is C26H31N3O4. The maximum Gasteiger partial charge on any atom is 0.261 e. The number of benzene rings is 2. The molecule has 4 amide bonds. The van der Waals surface area contributed by atoms with Crippen molar-refractivity contribution in [3.8, 4) is 0 Å². The highest BCUT2D eigenvalue weighted by Crippen LogP contribution is 2.23. The van der Waals surface area contributed by atoms with Crippen molar-refractivity contribution in [2.45, 2.75) is 52.6 Å². The molecule has 0 saturated heterocycles. The van der Waals surface area contributed by atoms with Gasteiger partial charge in [0.05, 0.1) is 11.1 Å². The van der Waals surface area contributed by atoms with Crippen molar-refractivity contribution in [1.82, 2.24) is 15.1 Å². The van der Waals surface area contributed by atoms with Crippen molar-refractivity contribution in [2.75, 3.05) is 13.1 Å². The Balaban J connectivity index is 1.67. The van der Waals surface area contributed by atoms with Crippen LogP contribution in [0.4, 0.5) is 0 Å². The van der Waals surface area contributed by atoms with E-state index in [1.54, 1.807) is 36.1 Å². The van der Waals surface area contributed by atoms with Gasteiger partial charge in [-0.05, 0) is 49.9 Å². The van der Waals surface area contributed by atoms with E-state index in [0.29, 0.717) is 30.6 Å². The van der Waals surface area contributed by atoms with Gasteiger partial charge in [-0.1, -0.05) is 43.3 Å². The molecule has 3 rings (SSSR count).